The summed E-state index contributed by atoms with van der Waals surface area (Å²) in [5, 5.41) is 3.24. The third-order valence-electron chi connectivity index (χ3n) is 2.93. The summed E-state index contributed by atoms with van der Waals surface area (Å²) in [5.41, 5.74) is 1.78. The number of ketones is 1. The summed E-state index contributed by atoms with van der Waals surface area (Å²) in [6.45, 7) is 1.36. The predicted molar refractivity (Wildman–Crippen MR) is 86.2 cm³/mol. The summed E-state index contributed by atoms with van der Waals surface area (Å²) in [5.74, 6) is -0.275. The Balaban J connectivity index is 1.80. The molecule has 0 heterocycles. The van der Waals surface area contributed by atoms with Gasteiger partial charge in [-0.15, -0.1) is 0 Å². The molecule has 0 saturated carbocycles. The third kappa shape index (κ3) is 4.38. The molecule has 0 saturated heterocycles. The molecule has 0 radical (unpaired) electrons. The van der Waals surface area contributed by atoms with Crippen LogP contribution in [0.5, 0.6) is 0 Å². The van der Waals surface area contributed by atoms with Gasteiger partial charge in [-0.1, -0.05) is 30.3 Å². The molecule has 2 aromatic rings. The molecule has 0 aromatic heterocycles. The fraction of sp³-hybridized carbons (Fsp3) is 0.188. The van der Waals surface area contributed by atoms with Crippen molar-refractivity contribution in [3.63, 3.8) is 0 Å². The largest absolute Gasteiger partial charge is 0.312 e. The third-order valence-corrected chi connectivity index (χ3v) is 3.82. The van der Waals surface area contributed by atoms with Gasteiger partial charge in [0.1, 0.15) is 5.82 Å². The molecule has 20 heavy (non-hydrogen) atoms. The number of Topliss-reactive ketones (excluding diaryl/α,β-unsaturated/α-hetero) is 1. The van der Waals surface area contributed by atoms with Crippen LogP contribution in [0.4, 0.5) is 4.39 Å². The Morgan fingerprint density at radius 1 is 1.15 bits per heavy atom. The van der Waals surface area contributed by atoms with Crippen molar-refractivity contribution in [3.05, 3.63) is 69.0 Å². The van der Waals surface area contributed by atoms with E-state index in [1.165, 1.54) is 17.7 Å². The Morgan fingerprint density at radius 3 is 2.60 bits per heavy atom. The van der Waals surface area contributed by atoms with E-state index in [0.29, 0.717) is 22.1 Å². The van der Waals surface area contributed by atoms with Crippen LogP contribution in [-0.2, 0) is 6.54 Å². The molecule has 0 fully saturated rings. The summed E-state index contributed by atoms with van der Waals surface area (Å²) in [6.07, 6.45) is 0.411. The van der Waals surface area contributed by atoms with Crippen molar-refractivity contribution in [2.45, 2.75) is 13.0 Å². The number of nitrogens with one attached hydrogen (secondary N) is 1. The molecule has 0 atom stereocenters. The minimum absolute atomic E-state index is 0.0370. The molecule has 2 nitrogen and oxygen atoms in total. The molecule has 0 aliphatic heterocycles. The molecular weight excluding hydrogens is 368 g/mol. The second kappa shape index (κ2) is 7.50. The van der Waals surface area contributed by atoms with Gasteiger partial charge in [0.2, 0.25) is 0 Å². The number of hydrogen-bond donors (Lipinski definition) is 1. The fourth-order valence-corrected chi connectivity index (χ4v) is 2.66. The molecule has 104 valence electrons. The van der Waals surface area contributed by atoms with Gasteiger partial charge in [-0.25, -0.2) is 4.39 Å². The standard InChI is InChI=1S/C16H15FINO/c17-13-6-7-14(15(18)10-13)16(20)8-9-19-11-12-4-2-1-3-5-12/h1-7,10,19H,8-9,11H2. The van der Waals surface area contributed by atoms with Crippen molar-refractivity contribution < 1.29 is 9.18 Å². The first-order valence-corrected chi connectivity index (χ1v) is 7.47. The van der Waals surface area contributed by atoms with Crippen LogP contribution in [0.15, 0.2) is 48.5 Å². The Labute approximate surface area is 131 Å². The Bertz CT molecular complexity index is 586. The lowest BCUT2D eigenvalue weighted by Crippen LogP contribution is -2.18. The van der Waals surface area contributed by atoms with Gasteiger partial charge in [-0.2, -0.15) is 0 Å². The molecule has 0 spiro atoms. The highest BCUT2D eigenvalue weighted by Crippen LogP contribution is 2.15. The number of benzene rings is 2. The molecule has 0 bridgehead atoms. The lowest BCUT2D eigenvalue weighted by molar-refractivity contribution is 0.0981. The van der Waals surface area contributed by atoms with Gasteiger partial charge >= 0.3 is 0 Å². The van der Waals surface area contributed by atoms with E-state index >= 15 is 0 Å². The SMILES string of the molecule is O=C(CCNCc1ccccc1)c1ccc(F)cc1I. The molecular formula is C16H15FINO. The van der Waals surface area contributed by atoms with E-state index in [1.54, 1.807) is 6.07 Å². The average molecular weight is 383 g/mol. The Morgan fingerprint density at radius 2 is 1.90 bits per heavy atom. The van der Waals surface area contributed by atoms with Crippen LogP contribution in [-0.4, -0.2) is 12.3 Å². The van der Waals surface area contributed by atoms with Crippen LogP contribution < -0.4 is 5.32 Å². The smallest absolute Gasteiger partial charge is 0.165 e. The minimum atomic E-state index is -0.312. The van der Waals surface area contributed by atoms with Crippen LogP contribution >= 0.6 is 22.6 Å². The normalized spacial score (nSPS) is 10.5. The van der Waals surface area contributed by atoms with E-state index in [9.17, 15) is 9.18 Å². The van der Waals surface area contributed by atoms with Gasteiger partial charge in [0.15, 0.2) is 5.78 Å². The highest BCUT2D eigenvalue weighted by molar-refractivity contribution is 14.1. The van der Waals surface area contributed by atoms with Crippen molar-refractivity contribution in [3.8, 4) is 0 Å². The molecule has 0 aliphatic carbocycles. The average Bonchev–Trinajstić information content (AvgIpc) is 2.44. The molecule has 0 amide bonds. The van der Waals surface area contributed by atoms with Crippen molar-refractivity contribution in [2.24, 2.45) is 0 Å². The van der Waals surface area contributed by atoms with E-state index in [1.807, 2.05) is 52.9 Å². The lowest BCUT2D eigenvalue weighted by atomic mass is 10.1. The van der Waals surface area contributed by atoms with E-state index in [0.717, 1.165) is 6.54 Å². The zero-order valence-corrected chi connectivity index (χ0v) is 13.1. The van der Waals surface area contributed by atoms with Crippen molar-refractivity contribution in [2.75, 3.05) is 6.54 Å². The summed E-state index contributed by atoms with van der Waals surface area (Å²) < 4.78 is 13.6. The van der Waals surface area contributed by atoms with Gasteiger partial charge < -0.3 is 5.32 Å². The Kier molecular flexibility index (Phi) is 5.67. The number of carbonyl (C=O) groups is 1. The second-order valence-corrected chi connectivity index (χ2v) is 5.62. The molecule has 2 aromatic carbocycles. The highest BCUT2D eigenvalue weighted by atomic mass is 127. The second-order valence-electron chi connectivity index (χ2n) is 4.46. The van der Waals surface area contributed by atoms with Gasteiger partial charge in [0.05, 0.1) is 0 Å². The van der Waals surface area contributed by atoms with Crippen LogP contribution in [0.2, 0.25) is 0 Å². The van der Waals surface area contributed by atoms with Crippen LogP contribution in [0, 0.1) is 9.39 Å². The maximum Gasteiger partial charge on any atom is 0.165 e. The lowest BCUT2D eigenvalue weighted by Gasteiger charge is -2.06. The number of hydrogen-bond acceptors (Lipinski definition) is 2. The molecule has 1 N–H and O–H groups in total. The zero-order valence-electron chi connectivity index (χ0n) is 10.9. The van der Waals surface area contributed by atoms with Gasteiger partial charge in [0, 0.05) is 28.6 Å². The summed E-state index contributed by atoms with van der Waals surface area (Å²) >= 11 is 1.99. The van der Waals surface area contributed by atoms with Crippen LogP contribution in [0.1, 0.15) is 22.3 Å². The number of halogens is 2. The van der Waals surface area contributed by atoms with E-state index < -0.39 is 0 Å². The van der Waals surface area contributed by atoms with Crippen molar-refractivity contribution in [1.82, 2.24) is 5.32 Å². The maximum absolute atomic E-state index is 13.0. The molecule has 0 unspecified atom stereocenters. The van der Waals surface area contributed by atoms with E-state index in [4.69, 9.17) is 0 Å². The van der Waals surface area contributed by atoms with Gasteiger partial charge in [0.25, 0.3) is 0 Å². The summed E-state index contributed by atoms with van der Waals surface area (Å²) in [4.78, 5) is 12.0. The van der Waals surface area contributed by atoms with Gasteiger partial charge in [-0.05, 0) is 46.4 Å². The summed E-state index contributed by atoms with van der Waals surface area (Å²) in [6, 6.07) is 14.3. The van der Waals surface area contributed by atoms with E-state index in [2.05, 4.69) is 5.32 Å². The van der Waals surface area contributed by atoms with E-state index in [-0.39, 0.29) is 11.6 Å². The molecule has 2 rings (SSSR count). The predicted octanol–water partition coefficient (Wildman–Crippen LogP) is 3.79. The summed E-state index contributed by atoms with van der Waals surface area (Å²) in [7, 11) is 0. The quantitative estimate of drug-likeness (QED) is 0.467. The van der Waals surface area contributed by atoms with Gasteiger partial charge in [-0.3, -0.25) is 4.79 Å². The monoisotopic (exact) mass is 383 g/mol. The van der Waals surface area contributed by atoms with Crippen LogP contribution in [0.25, 0.3) is 0 Å². The fourth-order valence-electron chi connectivity index (χ4n) is 1.88. The molecule has 0 aliphatic rings. The minimum Gasteiger partial charge on any atom is -0.312 e. The number of carbonyl (C=O) groups excluding carboxylic acids is 1. The topological polar surface area (TPSA) is 29.1 Å². The highest BCUT2D eigenvalue weighted by Gasteiger charge is 2.10. The van der Waals surface area contributed by atoms with Crippen molar-refractivity contribution in [1.29, 1.82) is 0 Å². The Hall–Kier alpha value is -1.27. The number of rotatable bonds is 6. The first kappa shape index (κ1) is 15.1. The first-order chi connectivity index (χ1) is 9.66. The maximum atomic E-state index is 13.0. The van der Waals surface area contributed by atoms with Crippen LogP contribution in [0.3, 0.4) is 0 Å². The first-order valence-electron chi connectivity index (χ1n) is 6.40. The molecule has 4 heteroatoms. The van der Waals surface area contributed by atoms with Crippen molar-refractivity contribution >= 4 is 28.4 Å². The zero-order chi connectivity index (χ0) is 14.4.